The number of hydrogen-bond acceptors (Lipinski definition) is 5. The molecule has 0 bridgehead atoms. The van der Waals surface area contributed by atoms with Crippen LogP contribution in [0.1, 0.15) is 37.8 Å². The standard InChI is InChI=1S/C25H27F3N4O2S/c1-3-18-6-4-5-7-20(18)24-21(25(26,27)28)8-9-22(30-24)31-35(33,34)19-10-13-29-23(16-19)32-14-11-17(2)12-15-32/h4-10,13,16-17H,3,11-12,14-15H2,1-2H3,(H,30,31). The van der Waals surface area contributed by atoms with Gasteiger partial charge in [-0.3, -0.25) is 4.72 Å². The van der Waals surface area contributed by atoms with Gasteiger partial charge in [-0.05, 0) is 48.9 Å². The third-order valence-electron chi connectivity index (χ3n) is 6.23. The Hall–Kier alpha value is -3.14. The molecule has 6 nitrogen and oxygen atoms in total. The zero-order valence-corrected chi connectivity index (χ0v) is 20.3. The molecule has 1 saturated heterocycles. The van der Waals surface area contributed by atoms with Crippen molar-refractivity contribution >= 4 is 21.7 Å². The number of aromatic nitrogens is 2. The van der Waals surface area contributed by atoms with Crippen molar-refractivity contribution in [3.63, 3.8) is 0 Å². The first kappa shape index (κ1) is 25.0. The zero-order valence-electron chi connectivity index (χ0n) is 19.5. The lowest BCUT2D eigenvalue weighted by Crippen LogP contribution is -2.33. The molecule has 0 radical (unpaired) electrons. The Morgan fingerprint density at radius 2 is 1.80 bits per heavy atom. The van der Waals surface area contributed by atoms with Crippen molar-refractivity contribution in [3.05, 3.63) is 65.9 Å². The molecule has 3 heterocycles. The van der Waals surface area contributed by atoms with Crippen molar-refractivity contribution in [3.8, 4) is 11.3 Å². The number of sulfonamides is 1. The molecule has 3 aromatic rings. The van der Waals surface area contributed by atoms with E-state index in [1.54, 1.807) is 24.3 Å². The predicted octanol–water partition coefficient (Wildman–Crippen LogP) is 5.76. The van der Waals surface area contributed by atoms with Gasteiger partial charge in [-0.15, -0.1) is 0 Å². The van der Waals surface area contributed by atoms with E-state index in [2.05, 4.69) is 21.6 Å². The van der Waals surface area contributed by atoms with E-state index in [0.29, 0.717) is 29.3 Å². The number of halogens is 3. The van der Waals surface area contributed by atoms with Gasteiger partial charge in [-0.2, -0.15) is 13.2 Å². The summed E-state index contributed by atoms with van der Waals surface area (Å²) in [6.45, 7) is 5.58. The van der Waals surface area contributed by atoms with Gasteiger partial charge in [0.1, 0.15) is 11.6 Å². The Morgan fingerprint density at radius 1 is 1.09 bits per heavy atom. The fraction of sp³-hybridized carbons (Fsp3) is 0.360. The number of piperidine rings is 1. The van der Waals surface area contributed by atoms with Crippen molar-refractivity contribution < 1.29 is 21.6 Å². The molecule has 0 unspecified atom stereocenters. The second kappa shape index (κ2) is 9.85. The van der Waals surface area contributed by atoms with E-state index < -0.39 is 21.8 Å². The van der Waals surface area contributed by atoms with Crippen LogP contribution in [0.5, 0.6) is 0 Å². The van der Waals surface area contributed by atoms with E-state index >= 15 is 0 Å². The van der Waals surface area contributed by atoms with Gasteiger partial charge >= 0.3 is 6.18 Å². The van der Waals surface area contributed by atoms with Crippen LogP contribution in [0.15, 0.2) is 59.6 Å². The lowest BCUT2D eigenvalue weighted by atomic mass is 9.98. The Morgan fingerprint density at radius 3 is 2.49 bits per heavy atom. The van der Waals surface area contributed by atoms with E-state index in [-0.39, 0.29) is 16.4 Å². The SMILES string of the molecule is CCc1ccccc1-c1nc(NS(=O)(=O)c2ccnc(N3CCC(C)CC3)c2)ccc1C(F)(F)F. The van der Waals surface area contributed by atoms with Gasteiger partial charge in [-0.1, -0.05) is 38.1 Å². The van der Waals surface area contributed by atoms with E-state index in [1.807, 2.05) is 11.8 Å². The molecule has 10 heteroatoms. The summed E-state index contributed by atoms with van der Waals surface area (Å²) in [5.74, 6) is 0.972. The maximum absolute atomic E-state index is 13.8. The normalized spacial score (nSPS) is 15.3. The fourth-order valence-corrected chi connectivity index (χ4v) is 5.19. The molecule has 35 heavy (non-hydrogen) atoms. The predicted molar refractivity (Wildman–Crippen MR) is 130 cm³/mol. The van der Waals surface area contributed by atoms with Crippen LogP contribution in [0.3, 0.4) is 0 Å². The quantitative estimate of drug-likeness (QED) is 0.462. The molecule has 0 amide bonds. The Kier molecular flexibility index (Phi) is 7.02. The first-order chi connectivity index (χ1) is 16.6. The Labute approximate surface area is 203 Å². The van der Waals surface area contributed by atoms with Crippen molar-refractivity contribution in [2.45, 2.75) is 44.2 Å². The summed E-state index contributed by atoms with van der Waals surface area (Å²) in [5.41, 5.74) is -0.242. The zero-order chi connectivity index (χ0) is 25.2. The third-order valence-corrected chi connectivity index (χ3v) is 7.58. The summed E-state index contributed by atoms with van der Waals surface area (Å²) >= 11 is 0. The molecule has 0 spiro atoms. The second-order valence-electron chi connectivity index (χ2n) is 8.73. The minimum absolute atomic E-state index is 0.0293. The largest absolute Gasteiger partial charge is 0.418 e. The van der Waals surface area contributed by atoms with Crippen molar-refractivity contribution in [1.29, 1.82) is 0 Å². The number of rotatable bonds is 6. The summed E-state index contributed by atoms with van der Waals surface area (Å²) in [5, 5.41) is 0. The number of hydrogen-bond donors (Lipinski definition) is 1. The van der Waals surface area contributed by atoms with Gasteiger partial charge in [0, 0.05) is 30.9 Å². The molecule has 1 aromatic carbocycles. The summed E-state index contributed by atoms with van der Waals surface area (Å²) in [7, 11) is -4.11. The first-order valence-corrected chi connectivity index (χ1v) is 13.0. The monoisotopic (exact) mass is 504 g/mol. The van der Waals surface area contributed by atoms with E-state index in [0.717, 1.165) is 38.1 Å². The summed E-state index contributed by atoms with van der Waals surface area (Å²) in [4.78, 5) is 10.4. The van der Waals surface area contributed by atoms with Crippen LogP contribution < -0.4 is 9.62 Å². The molecular weight excluding hydrogens is 477 g/mol. The number of pyridine rings is 2. The highest BCUT2D eigenvalue weighted by atomic mass is 32.2. The van der Waals surface area contributed by atoms with Crippen LogP contribution in [-0.4, -0.2) is 31.5 Å². The molecule has 0 atom stereocenters. The maximum atomic E-state index is 13.8. The minimum Gasteiger partial charge on any atom is -0.357 e. The average Bonchev–Trinajstić information content (AvgIpc) is 2.83. The summed E-state index contributed by atoms with van der Waals surface area (Å²) in [6.07, 6.45) is -0.736. The molecule has 186 valence electrons. The molecule has 0 saturated carbocycles. The maximum Gasteiger partial charge on any atom is 0.418 e. The smallest absolute Gasteiger partial charge is 0.357 e. The minimum atomic E-state index is -4.65. The average molecular weight is 505 g/mol. The molecule has 2 aromatic heterocycles. The number of anilines is 2. The van der Waals surface area contributed by atoms with E-state index in [9.17, 15) is 21.6 Å². The molecule has 1 fully saturated rings. The van der Waals surface area contributed by atoms with Gasteiger partial charge in [0.25, 0.3) is 10.0 Å². The lowest BCUT2D eigenvalue weighted by molar-refractivity contribution is -0.137. The number of aryl methyl sites for hydroxylation is 1. The lowest BCUT2D eigenvalue weighted by Gasteiger charge is -2.31. The highest BCUT2D eigenvalue weighted by Gasteiger charge is 2.35. The highest BCUT2D eigenvalue weighted by molar-refractivity contribution is 7.92. The van der Waals surface area contributed by atoms with Crippen LogP contribution in [0.4, 0.5) is 24.8 Å². The van der Waals surface area contributed by atoms with Gasteiger partial charge in [0.2, 0.25) is 0 Å². The number of alkyl halides is 3. The van der Waals surface area contributed by atoms with Crippen LogP contribution in [0.25, 0.3) is 11.3 Å². The van der Waals surface area contributed by atoms with Crippen LogP contribution >= 0.6 is 0 Å². The van der Waals surface area contributed by atoms with E-state index in [4.69, 9.17) is 0 Å². The van der Waals surface area contributed by atoms with Gasteiger partial charge in [0.15, 0.2) is 0 Å². The topological polar surface area (TPSA) is 75.2 Å². The fourth-order valence-electron chi connectivity index (χ4n) is 4.18. The third kappa shape index (κ3) is 5.58. The van der Waals surface area contributed by atoms with Gasteiger partial charge < -0.3 is 4.90 Å². The molecular formula is C25H27F3N4O2S. The van der Waals surface area contributed by atoms with Crippen molar-refractivity contribution in [1.82, 2.24) is 9.97 Å². The molecule has 1 aliphatic heterocycles. The number of benzene rings is 1. The highest BCUT2D eigenvalue weighted by Crippen LogP contribution is 2.38. The van der Waals surface area contributed by atoms with Crippen molar-refractivity contribution in [2.24, 2.45) is 5.92 Å². The summed E-state index contributed by atoms with van der Waals surface area (Å²) in [6, 6.07) is 11.4. The first-order valence-electron chi connectivity index (χ1n) is 11.5. The van der Waals surface area contributed by atoms with Crippen LogP contribution in [0, 0.1) is 5.92 Å². The van der Waals surface area contributed by atoms with Gasteiger partial charge in [-0.25, -0.2) is 18.4 Å². The number of nitrogens with one attached hydrogen (secondary N) is 1. The van der Waals surface area contributed by atoms with Crippen LogP contribution in [-0.2, 0) is 22.6 Å². The Bertz CT molecular complexity index is 1300. The van der Waals surface area contributed by atoms with Crippen molar-refractivity contribution in [2.75, 3.05) is 22.7 Å². The molecule has 0 aliphatic carbocycles. The van der Waals surface area contributed by atoms with Crippen LogP contribution in [0.2, 0.25) is 0 Å². The Balaban J connectivity index is 1.68. The summed E-state index contributed by atoms with van der Waals surface area (Å²) < 4.78 is 69.9. The second-order valence-corrected chi connectivity index (χ2v) is 10.4. The number of nitrogens with zero attached hydrogens (tertiary/aromatic N) is 3. The van der Waals surface area contributed by atoms with Gasteiger partial charge in [0.05, 0.1) is 16.2 Å². The molecule has 1 aliphatic rings. The molecule has 4 rings (SSSR count). The molecule has 1 N–H and O–H groups in total. The van der Waals surface area contributed by atoms with E-state index in [1.165, 1.54) is 18.3 Å².